The lowest BCUT2D eigenvalue weighted by Crippen LogP contribution is -2.35. The van der Waals surface area contributed by atoms with Gasteiger partial charge in [0.15, 0.2) is 0 Å². The first-order chi connectivity index (χ1) is 10.9. The van der Waals surface area contributed by atoms with Gasteiger partial charge in [-0.2, -0.15) is 0 Å². The Kier molecular flexibility index (Phi) is 3.99. The molecule has 122 valence electrons. The van der Waals surface area contributed by atoms with E-state index >= 15 is 0 Å². The van der Waals surface area contributed by atoms with E-state index in [-0.39, 0.29) is 17.4 Å². The molecule has 3 rings (SSSR count). The van der Waals surface area contributed by atoms with Gasteiger partial charge in [-0.25, -0.2) is 4.98 Å². The minimum absolute atomic E-state index is 0.103. The van der Waals surface area contributed by atoms with Crippen molar-refractivity contribution in [1.82, 2.24) is 14.9 Å². The number of nitrogens with one attached hydrogen (secondary N) is 1. The molecule has 0 atom stereocenters. The van der Waals surface area contributed by atoms with Crippen molar-refractivity contribution in [2.24, 2.45) is 0 Å². The van der Waals surface area contributed by atoms with E-state index < -0.39 is 4.92 Å². The van der Waals surface area contributed by atoms with Gasteiger partial charge in [-0.1, -0.05) is 13.8 Å². The van der Waals surface area contributed by atoms with E-state index in [0.717, 1.165) is 12.2 Å². The Morgan fingerprint density at radius 1 is 1.48 bits per heavy atom. The predicted molar refractivity (Wildman–Crippen MR) is 82.1 cm³/mol. The summed E-state index contributed by atoms with van der Waals surface area (Å²) in [6, 6.07) is 2.94. The lowest BCUT2D eigenvalue weighted by molar-refractivity contribution is -0.402. The molecule has 0 aromatic carbocycles. The monoisotopic (exact) mass is 318 g/mol. The van der Waals surface area contributed by atoms with Crippen LogP contribution >= 0.6 is 0 Å². The number of fused-ring (bicyclic) bond motifs is 1. The van der Waals surface area contributed by atoms with Crippen LogP contribution in [-0.2, 0) is 19.5 Å². The average Bonchev–Trinajstić information content (AvgIpc) is 2.96. The second kappa shape index (κ2) is 5.96. The van der Waals surface area contributed by atoms with Crippen molar-refractivity contribution in [1.29, 1.82) is 0 Å². The van der Waals surface area contributed by atoms with Crippen LogP contribution < -0.4 is 5.56 Å². The van der Waals surface area contributed by atoms with Gasteiger partial charge in [0.2, 0.25) is 0 Å². The fourth-order valence-electron chi connectivity index (χ4n) is 2.68. The van der Waals surface area contributed by atoms with Gasteiger partial charge in [0.25, 0.3) is 5.56 Å². The lowest BCUT2D eigenvalue weighted by atomic mass is 10.1. The summed E-state index contributed by atoms with van der Waals surface area (Å²) in [7, 11) is 0. The molecule has 1 N–H and O–H groups in total. The van der Waals surface area contributed by atoms with E-state index in [1.807, 2.05) is 18.7 Å². The van der Waals surface area contributed by atoms with Gasteiger partial charge in [-0.3, -0.25) is 19.8 Å². The first-order valence-electron chi connectivity index (χ1n) is 7.51. The quantitative estimate of drug-likeness (QED) is 0.682. The highest BCUT2D eigenvalue weighted by Gasteiger charge is 2.23. The molecule has 0 spiro atoms. The third-order valence-electron chi connectivity index (χ3n) is 3.92. The normalized spacial score (nSPS) is 14.9. The summed E-state index contributed by atoms with van der Waals surface area (Å²) in [5.41, 5.74) is 1.41. The molecule has 23 heavy (non-hydrogen) atoms. The van der Waals surface area contributed by atoms with E-state index in [1.54, 1.807) is 6.07 Å². The Balaban J connectivity index is 1.77. The highest BCUT2D eigenvalue weighted by atomic mass is 16.6. The minimum Gasteiger partial charge on any atom is -0.404 e. The van der Waals surface area contributed by atoms with Gasteiger partial charge in [-0.15, -0.1) is 0 Å². The van der Waals surface area contributed by atoms with Crippen LogP contribution in [0, 0.1) is 10.1 Å². The molecule has 0 saturated carbocycles. The number of aromatic amines is 1. The maximum atomic E-state index is 12.2. The van der Waals surface area contributed by atoms with Gasteiger partial charge >= 0.3 is 5.88 Å². The summed E-state index contributed by atoms with van der Waals surface area (Å²) >= 11 is 0. The molecule has 2 aromatic rings. The summed E-state index contributed by atoms with van der Waals surface area (Å²) < 4.78 is 5.17. The van der Waals surface area contributed by atoms with Crippen LogP contribution in [0.5, 0.6) is 0 Å². The second-order valence-electron chi connectivity index (χ2n) is 5.99. The van der Waals surface area contributed by atoms with Crippen molar-refractivity contribution in [2.75, 3.05) is 6.54 Å². The fraction of sp³-hybridized carbons (Fsp3) is 0.467. The Hall–Kier alpha value is -2.48. The molecule has 8 heteroatoms. The summed E-state index contributed by atoms with van der Waals surface area (Å²) in [5, 5.41) is 10.6. The van der Waals surface area contributed by atoms with Gasteiger partial charge in [0.05, 0.1) is 23.9 Å². The third-order valence-corrected chi connectivity index (χ3v) is 3.92. The summed E-state index contributed by atoms with van der Waals surface area (Å²) in [6.45, 7) is 5.60. The first kappa shape index (κ1) is 15.4. The van der Waals surface area contributed by atoms with E-state index in [4.69, 9.17) is 4.42 Å². The van der Waals surface area contributed by atoms with E-state index in [0.29, 0.717) is 36.7 Å². The van der Waals surface area contributed by atoms with Gasteiger partial charge in [-0.05, 0) is 6.07 Å². The maximum Gasteiger partial charge on any atom is 0.433 e. The van der Waals surface area contributed by atoms with Crippen LogP contribution in [0.15, 0.2) is 21.3 Å². The number of H-pyrrole nitrogens is 1. The molecule has 8 nitrogen and oxygen atoms in total. The topological polar surface area (TPSA) is 105 Å². The van der Waals surface area contributed by atoms with Gasteiger partial charge in [0.1, 0.15) is 16.5 Å². The Bertz CT molecular complexity index is 793. The third kappa shape index (κ3) is 3.16. The number of aromatic nitrogens is 2. The summed E-state index contributed by atoms with van der Waals surface area (Å²) in [6.07, 6.45) is 0.682. The lowest BCUT2D eigenvalue weighted by Gasteiger charge is -2.27. The van der Waals surface area contributed by atoms with E-state index in [9.17, 15) is 14.9 Å². The molecular weight excluding hydrogens is 300 g/mol. The van der Waals surface area contributed by atoms with Crippen LogP contribution in [0.4, 0.5) is 5.88 Å². The van der Waals surface area contributed by atoms with Crippen LogP contribution in [0.2, 0.25) is 0 Å². The zero-order chi connectivity index (χ0) is 16.6. The molecule has 3 heterocycles. The molecule has 0 unspecified atom stereocenters. The zero-order valence-corrected chi connectivity index (χ0v) is 13.0. The number of nitro groups is 1. The standard InChI is InChI=1S/C15H18N4O4/c1-9(2)14-16-12-5-6-18(8-11(12)15(20)17-14)7-10-3-4-13(23-10)19(21)22/h3-4,9H,5-8H2,1-2H3,(H,16,17,20). The van der Waals surface area contributed by atoms with Crippen molar-refractivity contribution < 1.29 is 9.34 Å². The smallest absolute Gasteiger partial charge is 0.404 e. The molecular formula is C15H18N4O4. The Morgan fingerprint density at radius 2 is 2.26 bits per heavy atom. The zero-order valence-electron chi connectivity index (χ0n) is 13.0. The Labute approximate surface area is 132 Å². The van der Waals surface area contributed by atoms with Crippen molar-refractivity contribution in [3.8, 4) is 0 Å². The molecule has 1 aliphatic heterocycles. The van der Waals surface area contributed by atoms with Crippen molar-refractivity contribution in [3.05, 3.63) is 55.4 Å². The molecule has 2 aromatic heterocycles. The molecule has 0 amide bonds. The van der Waals surface area contributed by atoms with Crippen LogP contribution in [0.3, 0.4) is 0 Å². The van der Waals surface area contributed by atoms with Crippen molar-refractivity contribution >= 4 is 5.88 Å². The van der Waals surface area contributed by atoms with E-state index in [2.05, 4.69) is 9.97 Å². The number of hydrogen-bond donors (Lipinski definition) is 1. The Morgan fingerprint density at radius 3 is 2.91 bits per heavy atom. The number of furan rings is 1. The second-order valence-corrected chi connectivity index (χ2v) is 5.99. The molecule has 0 fully saturated rings. The highest BCUT2D eigenvalue weighted by molar-refractivity contribution is 5.22. The van der Waals surface area contributed by atoms with Crippen molar-refractivity contribution in [3.63, 3.8) is 0 Å². The van der Waals surface area contributed by atoms with Crippen molar-refractivity contribution in [2.45, 2.75) is 39.3 Å². The summed E-state index contributed by atoms with van der Waals surface area (Å²) in [5.74, 6) is 1.14. The molecule has 0 radical (unpaired) electrons. The van der Waals surface area contributed by atoms with E-state index in [1.165, 1.54) is 6.07 Å². The largest absolute Gasteiger partial charge is 0.433 e. The van der Waals surface area contributed by atoms with Gasteiger partial charge in [0, 0.05) is 25.4 Å². The maximum absolute atomic E-state index is 12.2. The molecule has 1 aliphatic rings. The molecule has 0 aliphatic carbocycles. The van der Waals surface area contributed by atoms with Crippen LogP contribution in [-0.4, -0.2) is 26.3 Å². The number of rotatable bonds is 4. The number of nitrogens with zero attached hydrogens (tertiary/aromatic N) is 3. The highest BCUT2D eigenvalue weighted by Crippen LogP contribution is 2.21. The predicted octanol–water partition coefficient (Wildman–Crippen LogP) is 1.95. The fourth-order valence-corrected chi connectivity index (χ4v) is 2.68. The minimum atomic E-state index is -0.558. The average molecular weight is 318 g/mol. The first-order valence-corrected chi connectivity index (χ1v) is 7.51. The van der Waals surface area contributed by atoms with Crippen LogP contribution in [0.25, 0.3) is 0 Å². The molecule has 0 bridgehead atoms. The van der Waals surface area contributed by atoms with Gasteiger partial charge < -0.3 is 9.40 Å². The molecule has 0 saturated heterocycles. The summed E-state index contributed by atoms with van der Waals surface area (Å²) in [4.78, 5) is 31.7. The van der Waals surface area contributed by atoms with Crippen LogP contribution in [0.1, 0.15) is 42.6 Å². The SMILES string of the molecule is CC(C)c1nc2c(c(=O)[nH]1)CN(Cc1ccc([N+](=O)[O-])o1)CC2. The number of hydrogen-bond acceptors (Lipinski definition) is 6.